The number of carbonyl (C=O) groups excluding carboxylic acids is 1. The Morgan fingerprint density at radius 1 is 1.24 bits per heavy atom. The van der Waals surface area contributed by atoms with E-state index >= 15 is 0 Å². The molecule has 0 spiro atoms. The molecule has 5 nitrogen and oxygen atoms in total. The molecule has 0 fully saturated rings. The maximum atomic E-state index is 12.1. The normalized spacial score (nSPS) is 10.3. The Labute approximate surface area is 139 Å². The highest BCUT2D eigenvalue weighted by molar-refractivity contribution is 14.1. The predicted molar refractivity (Wildman–Crippen MR) is 90.3 cm³/mol. The number of halogens is 1. The molecule has 1 rings (SSSR count). The Bertz CT molecular complexity index is 465. The van der Waals surface area contributed by atoms with Crippen LogP contribution in [0.1, 0.15) is 30.6 Å². The number of benzene rings is 1. The van der Waals surface area contributed by atoms with Crippen molar-refractivity contribution >= 4 is 28.5 Å². The number of ether oxygens (including phenoxy) is 3. The Morgan fingerprint density at radius 3 is 2.57 bits per heavy atom. The fraction of sp³-hybridized carbons (Fsp3) is 0.533. The highest BCUT2D eigenvalue weighted by atomic mass is 127. The lowest BCUT2D eigenvalue weighted by Crippen LogP contribution is -2.25. The first kappa shape index (κ1) is 18.0. The van der Waals surface area contributed by atoms with Gasteiger partial charge in [-0.3, -0.25) is 4.79 Å². The number of hydrogen-bond donors (Lipinski definition) is 1. The minimum absolute atomic E-state index is 0.118. The molecule has 0 aliphatic rings. The van der Waals surface area contributed by atoms with Gasteiger partial charge in [-0.15, -0.1) is 0 Å². The van der Waals surface area contributed by atoms with Crippen LogP contribution >= 0.6 is 22.6 Å². The molecule has 0 bridgehead atoms. The highest BCUT2D eigenvalue weighted by Gasteiger charge is 2.15. The molecule has 21 heavy (non-hydrogen) atoms. The first-order chi connectivity index (χ1) is 10.1. The topological polar surface area (TPSA) is 56.8 Å². The summed E-state index contributed by atoms with van der Waals surface area (Å²) in [5, 5.41) is 2.86. The molecule has 0 saturated heterocycles. The quantitative estimate of drug-likeness (QED) is 0.505. The van der Waals surface area contributed by atoms with E-state index in [0.29, 0.717) is 43.4 Å². The zero-order valence-electron chi connectivity index (χ0n) is 12.7. The number of nitrogens with one attached hydrogen (secondary N) is 1. The third-order valence-corrected chi connectivity index (χ3v) is 3.47. The first-order valence-corrected chi connectivity index (χ1v) is 8.08. The Balaban J connectivity index is 2.85. The lowest BCUT2D eigenvalue weighted by molar-refractivity contribution is 0.0948. The van der Waals surface area contributed by atoms with E-state index in [1.54, 1.807) is 19.2 Å². The molecule has 1 N–H and O–H groups in total. The molecule has 118 valence electrons. The Kier molecular flexibility index (Phi) is 8.44. The molecule has 0 heterocycles. The first-order valence-electron chi connectivity index (χ1n) is 7.00. The van der Waals surface area contributed by atoms with Crippen LogP contribution < -0.4 is 14.8 Å². The van der Waals surface area contributed by atoms with Gasteiger partial charge in [0.15, 0.2) is 11.5 Å². The van der Waals surface area contributed by atoms with E-state index in [1.807, 2.05) is 13.8 Å². The minimum Gasteiger partial charge on any atom is -0.490 e. The number of methoxy groups -OCH3 is 1. The molecule has 0 radical (unpaired) electrons. The smallest absolute Gasteiger partial charge is 0.251 e. The molecular formula is C15H22INO4. The van der Waals surface area contributed by atoms with Gasteiger partial charge in [-0.25, -0.2) is 0 Å². The molecule has 1 aromatic carbocycles. The summed E-state index contributed by atoms with van der Waals surface area (Å²) in [6, 6.07) is 3.53. The van der Waals surface area contributed by atoms with E-state index in [2.05, 4.69) is 27.9 Å². The molecule has 1 aromatic rings. The van der Waals surface area contributed by atoms with Crippen LogP contribution in [0, 0.1) is 3.57 Å². The Morgan fingerprint density at radius 2 is 1.95 bits per heavy atom. The molecule has 0 unspecified atom stereocenters. The molecular weight excluding hydrogens is 385 g/mol. The average molecular weight is 407 g/mol. The van der Waals surface area contributed by atoms with E-state index in [9.17, 15) is 4.79 Å². The summed E-state index contributed by atoms with van der Waals surface area (Å²) in [5.41, 5.74) is 0.573. The molecule has 0 saturated carbocycles. The highest BCUT2D eigenvalue weighted by Crippen LogP contribution is 2.34. The van der Waals surface area contributed by atoms with Crippen molar-refractivity contribution in [1.82, 2.24) is 5.32 Å². The van der Waals surface area contributed by atoms with Gasteiger partial charge in [-0.05, 0) is 55.0 Å². The van der Waals surface area contributed by atoms with Crippen molar-refractivity contribution in [2.45, 2.75) is 20.3 Å². The van der Waals surface area contributed by atoms with Crippen LogP contribution in [0.15, 0.2) is 12.1 Å². The van der Waals surface area contributed by atoms with Crippen LogP contribution in [-0.4, -0.2) is 39.4 Å². The van der Waals surface area contributed by atoms with Gasteiger partial charge in [0.25, 0.3) is 5.91 Å². The van der Waals surface area contributed by atoms with E-state index < -0.39 is 0 Å². The molecule has 0 aliphatic carbocycles. The van der Waals surface area contributed by atoms with Gasteiger partial charge in [0.05, 0.1) is 16.8 Å². The van der Waals surface area contributed by atoms with Crippen molar-refractivity contribution in [3.8, 4) is 11.5 Å². The zero-order chi connectivity index (χ0) is 15.7. The van der Waals surface area contributed by atoms with Crippen molar-refractivity contribution in [3.05, 3.63) is 21.3 Å². The van der Waals surface area contributed by atoms with Crippen molar-refractivity contribution in [2.75, 3.05) is 33.5 Å². The van der Waals surface area contributed by atoms with Crippen LogP contribution in [0.2, 0.25) is 0 Å². The lowest BCUT2D eigenvalue weighted by Gasteiger charge is -2.14. The van der Waals surface area contributed by atoms with Gasteiger partial charge < -0.3 is 19.5 Å². The van der Waals surface area contributed by atoms with Crippen LogP contribution in [0.3, 0.4) is 0 Å². The fourth-order valence-electron chi connectivity index (χ4n) is 1.77. The number of amides is 1. The maximum Gasteiger partial charge on any atom is 0.251 e. The Hall–Kier alpha value is -1.02. The molecule has 1 amide bonds. The summed E-state index contributed by atoms with van der Waals surface area (Å²) in [6.45, 7) is 6.11. The van der Waals surface area contributed by atoms with Gasteiger partial charge in [-0.2, -0.15) is 0 Å². The maximum absolute atomic E-state index is 12.1. The molecule has 0 aromatic heterocycles. The zero-order valence-corrected chi connectivity index (χ0v) is 14.9. The van der Waals surface area contributed by atoms with Crippen molar-refractivity contribution in [2.24, 2.45) is 0 Å². The SMILES string of the molecule is CCOc1cc(C(=O)NCCCOC)cc(I)c1OCC. The predicted octanol–water partition coefficient (Wildman–Crippen LogP) is 2.85. The van der Waals surface area contributed by atoms with Crippen LogP contribution in [0.5, 0.6) is 11.5 Å². The van der Waals surface area contributed by atoms with Crippen LogP contribution in [0.4, 0.5) is 0 Å². The van der Waals surface area contributed by atoms with E-state index in [0.717, 1.165) is 9.99 Å². The van der Waals surface area contributed by atoms with Crippen molar-refractivity contribution in [3.63, 3.8) is 0 Å². The number of rotatable bonds is 9. The van der Waals surface area contributed by atoms with Gasteiger partial charge in [-0.1, -0.05) is 0 Å². The summed E-state index contributed by atoms with van der Waals surface area (Å²) in [6.07, 6.45) is 0.786. The molecule has 6 heteroatoms. The van der Waals surface area contributed by atoms with Gasteiger partial charge >= 0.3 is 0 Å². The van der Waals surface area contributed by atoms with Gasteiger partial charge in [0.2, 0.25) is 0 Å². The van der Waals surface area contributed by atoms with E-state index in [1.165, 1.54) is 0 Å². The second-order valence-corrected chi connectivity index (χ2v) is 5.42. The fourth-order valence-corrected chi connectivity index (χ4v) is 2.52. The summed E-state index contributed by atoms with van der Waals surface area (Å²) < 4.78 is 17.0. The largest absolute Gasteiger partial charge is 0.490 e. The summed E-state index contributed by atoms with van der Waals surface area (Å²) in [4.78, 5) is 12.1. The third-order valence-electron chi connectivity index (χ3n) is 2.67. The second-order valence-electron chi connectivity index (χ2n) is 4.25. The third kappa shape index (κ3) is 5.70. The molecule has 0 atom stereocenters. The van der Waals surface area contributed by atoms with Crippen molar-refractivity contribution < 1.29 is 19.0 Å². The van der Waals surface area contributed by atoms with Crippen LogP contribution in [-0.2, 0) is 4.74 Å². The minimum atomic E-state index is -0.118. The summed E-state index contributed by atoms with van der Waals surface area (Å²) in [5.74, 6) is 1.18. The molecule has 0 aliphatic heterocycles. The summed E-state index contributed by atoms with van der Waals surface area (Å²) in [7, 11) is 1.64. The van der Waals surface area contributed by atoms with Gasteiger partial charge in [0.1, 0.15) is 0 Å². The monoisotopic (exact) mass is 407 g/mol. The number of hydrogen-bond acceptors (Lipinski definition) is 4. The van der Waals surface area contributed by atoms with E-state index in [-0.39, 0.29) is 5.91 Å². The van der Waals surface area contributed by atoms with E-state index in [4.69, 9.17) is 14.2 Å². The lowest BCUT2D eigenvalue weighted by atomic mass is 10.2. The van der Waals surface area contributed by atoms with Gasteiger partial charge in [0, 0.05) is 25.8 Å². The number of carbonyl (C=O) groups is 1. The summed E-state index contributed by atoms with van der Waals surface area (Å²) >= 11 is 2.15. The van der Waals surface area contributed by atoms with Crippen molar-refractivity contribution in [1.29, 1.82) is 0 Å². The standard InChI is InChI=1S/C15H22INO4/c1-4-20-13-10-11(9-12(16)14(13)21-5-2)15(18)17-7-6-8-19-3/h9-10H,4-8H2,1-3H3,(H,17,18). The van der Waals surface area contributed by atoms with Crippen LogP contribution in [0.25, 0.3) is 0 Å². The average Bonchev–Trinajstić information content (AvgIpc) is 2.47. The second kappa shape index (κ2) is 9.83.